The van der Waals surface area contributed by atoms with E-state index >= 15 is 0 Å². The van der Waals surface area contributed by atoms with Crippen LogP contribution >= 0.6 is 15.6 Å². The molecule has 0 amide bonds. The van der Waals surface area contributed by atoms with Gasteiger partial charge in [-0.15, -0.1) is 0 Å². The Bertz CT molecular complexity index is 2810. The van der Waals surface area contributed by atoms with Crippen LogP contribution in [-0.4, -0.2) is 96.7 Å². The Morgan fingerprint density at radius 3 is 0.815 bits per heavy atom. The van der Waals surface area contributed by atoms with E-state index in [1.54, 1.807) is 0 Å². The largest absolute Gasteiger partial charge is 0.472 e. The number of allylic oxidation sites excluding steroid dienone is 32. The number of unbranched alkanes of at least 4 members (excludes halogenated alkanes) is 16. The molecule has 3 unspecified atom stereocenters. The summed E-state index contributed by atoms with van der Waals surface area (Å²) in [6.45, 7) is 4.37. The first-order valence-corrected chi connectivity index (χ1v) is 43.7. The number of phosphoric acid groups is 2. The highest BCUT2D eigenvalue weighted by Crippen LogP contribution is 2.45. The first-order valence-electron chi connectivity index (χ1n) is 40.7. The fourth-order valence-corrected chi connectivity index (χ4v) is 11.5. The molecule has 0 heterocycles. The lowest BCUT2D eigenvalue weighted by Gasteiger charge is -2.21. The fraction of sp³-hybridized carbons (Fsp3) is 0.596. The van der Waals surface area contributed by atoms with Crippen molar-refractivity contribution in [2.75, 3.05) is 39.6 Å². The highest BCUT2D eigenvalue weighted by Gasteiger charge is 2.30. The van der Waals surface area contributed by atoms with Crippen LogP contribution < -0.4 is 0 Å². The van der Waals surface area contributed by atoms with Crippen molar-refractivity contribution in [3.63, 3.8) is 0 Å². The number of carbonyl (C=O) groups is 4. The third-order valence-electron chi connectivity index (χ3n) is 16.1. The van der Waals surface area contributed by atoms with Gasteiger partial charge in [0, 0.05) is 25.7 Å². The number of aliphatic hydroxyl groups excluding tert-OH is 1. The van der Waals surface area contributed by atoms with Crippen molar-refractivity contribution < 1.29 is 80.2 Å². The molecule has 0 aliphatic rings. The second-order valence-electron chi connectivity index (χ2n) is 26.2. The van der Waals surface area contributed by atoms with Gasteiger partial charge in [0.15, 0.2) is 12.2 Å². The molecule has 0 aromatic rings. The van der Waals surface area contributed by atoms with E-state index in [-0.39, 0.29) is 25.7 Å². The van der Waals surface area contributed by atoms with Gasteiger partial charge in [-0.3, -0.25) is 37.3 Å². The Hall–Kier alpha value is -6.10. The maximum Gasteiger partial charge on any atom is 0.472 e. The van der Waals surface area contributed by atoms with E-state index in [1.165, 1.54) is 38.5 Å². The molecule has 0 aliphatic carbocycles. The molecule has 0 aliphatic heterocycles. The number of rotatable bonds is 74. The summed E-state index contributed by atoms with van der Waals surface area (Å²) in [6.07, 6.45) is 97.2. The summed E-state index contributed by atoms with van der Waals surface area (Å²) in [7, 11) is -10.0. The molecule has 5 atom stereocenters. The molecule has 0 spiro atoms. The summed E-state index contributed by atoms with van der Waals surface area (Å²) in [4.78, 5) is 73.0. The molecule has 610 valence electrons. The predicted molar refractivity (Wildman–Crippen MR) is 445 cm³/mol. The number of carbonyl (C=O) groups excluding carboxylic acids is 4. The second kappa shape index (κ2) is 79.0. The fourth-order valence-electron chi connectivity index (χ4n) is 9.92. The van der Waals surface area contributed by atoms with Crippen LogP contribution in [0.5, 0.6) is 0 Å². The lowest BCUT2D eigenvalue weighted by molar-refractivity contribution is -0.161. The van der Waals surface area contributed by atoms with Gasteiger partial charge in [0.1, 0.15) is 19.3 Å². The zero-order chi connectivity index (χ0) is 78.9. The standard InChI is InChI=1S/C89H142O17P2/c1-5-9-13-17-21-25-29-33-37-39-41-43-47-50-54-58-62-66-70-74-87(92)100-80-85(106-89(94)76-72-68-64-60-56-52-48-44-42-40-38-34-30-26-22-18-14-10-6-2)82-104-108(97,98)102-78-83(90)77-101-107(95,96)103-81-84(105-88(93)75-71-67-63-59-55-51-46-36-32-28-24-20-16-12-8-4)79-99-86(91)73-69-65-61-57-53-49-45-35-31-27-23-19-15-11-7-3/h9-10,13-14,21-28,33-38,41-46,50,52,54,56,62,64,66,68,83-85,90H,5-8,11-12,15-20,29-32,39-40,47-49,51,53,55,57-61,63,65,67,69-82H2,1-4H3,(H,95,96)(H,97,98)/b13-9-,14-10-,25-21-,26-22-,27-23-,28-24-,37-33-,38-34-,43-41-,44-42-,45-35-,46-36-,54-50-,56-52-,66-62-,68-64-/t83?,84-,85-/m1/s1. The van der Waals surface area contributed by atoms with E-state index in [1.807, 2.05) is 36.5 Å². The Balaban J connectivity index is 5.56. The molecule has 0 saturated heterocycles. The van der Waals surface area contributed by atoms with Crippen molar-refractivity contribution in [1.29, 1.82) is 0 Å². The molecule has 108 heavy (non-hydrogen) atoms. The SMILES string of the molecule is CC/C=C\C/C=C\C/C=C\C/C=C\C/C=C\C/C=C\CCC(=O)OC[C@H](COP(=O)(O)OCC(O)COP(=O)(O)OC[C@@H](COC(=O)CCCCCCC/C=C\C/C=C\CCCCC)OC(=O)CCCCCCC/C=C\C/C=C\CCCCC)OC(=O)CC/C=C\C/C=C\C/C=C\C/C=C\C/C=C\C/C=C\CC. The van der Waals surface area contributed by atoms with Crippen LogP contribution in [-0.2, 0) is 65.4 Å². The minimum Gasteiger partial charge on any atom is -0.462 e. The average Bonchev–Trinajstić information content (AvgIpc) is 0.896. The molecular weight excluding hydrogens is 1400 g/mol. The lowest BCUT2D eigenvalue weighted by Crippen LogP contribution is -2.30. The number of ether oxygens (including phenoxy) is 4. The molecule has 17 nitrogen and oxygen atoms in total. The maximum atomic E-state index is 13.1. The monoisotopic (exact) mass is 1540 g/mol. The minimum absolute atomic E-state index is 0.0117. The van der Waals surface area contributed by atoms with Gasteiger partial charge in [-0.2, -0.15) is 0 Å². The van der Waals surface area contributed by atoms with Gasteiger partial charge in [-0.25, -0.2) is 9.13 Å². The van der Waals surface area contributed by atoms with Gasteiger partial charge in [-0.1, -0.05) is 286 Å². The summed E-state index contributed by atoms with van der Waals surface area (Å²) in [5.41, 5.74) is 0. The third kappa shape index (κ3) is 78.0. The summed E-state index contributed by atoms with van der Waals surface area (Å²) in [5, 5.41) is 10.7. The average molecular weight is 1550 g/mol. The first-order chi connectivity index (χ1) is 52.7. The van der Waals surface area contributed by atoms with Crippen LogP contribution in [0.2, 0.25) is 0 Å². The van der Waals surface area contributed by atoms with Gasteiger partial charge >= 0.3 is 39.5 Å². The Morgan fingerprint density at radius 1 is 0.269 bits per heavy atom. The van der Waals surface area contributed by atoms with Crippen molar-refractivity contribution in [2.24, 2.45) is 0 Å². The molecule has 19 heteroatoms. The second-order valence-corrected chi connectivity index (χ2v) is 29.1. The number of hydrogen-bond acceptors (Lipinski definition) is 15. The van der Waals surface area contributed by atoms with E-state index < -0.39 is 97.5 Å². The van der Waals surface area contributed by atoms with E-state index in [9.17, 15) is 43.2 Å². The smallest absolute Gasteiger partial charge is 0.462 e. The third-order valence-corrected chi connectivity index (χ3v) is 18.0. The number of esters is 4. The van der Waals surface area contributed by atoms with Crippen molar-refractivity contribution in [1.82, 2.24) is 0 Å². The maximum absolute atomic E-state index is 13.1. The summed E-state index contributed by atoms with van der Waals surface area (Å²) in [6, 6.07) is 0. The highest BCUT2D eigenvalue weighted by molar-refractivity contribution is 7.47. The quantitative estimate of drug-likeness (QED) is 0.0169. The predicted octanol–water partition coefficient (Wildman–Crippen LogP) is 24.1. The Labute approximate surface area is 653 Å². The van der Waals surface area contributed by atoms with Gasteiger partial charge in [0.05, 0.1) is 26.4 Å². The van der Waals surface area contributed by atoms with Crippen molar-refractivity contribution >= 4 is 39.5 Å². The van der Waals surface area contributed by atoms with Crippen molar-refractivity contribution in [2.45, 2.75) is 303 Å². The minimum atomic E-state index is -5.03. The van der Waals surface area contributed by atoms with E-state index in [0.717, 1.165) is 154 Å². The van der Waals surface area contributed by atoms with E-state index in [4.69, 9.17) is 37.0 Å². The molecule has 0 aromatic carbocycles. The van der Waals surface area contributed by atoms with E-state index in [2.05, 4.69) is 186 Å². The molecule has 0 aromatic heterocycles. The lowest BCUT2D eigenvalue weighted by atomic mass is 10.1. The van der Waals surface area contributed by atoms with E-state index in [0.29, 0.717) is 38.5 Å². The van der Waals surface area contributed by atoms with Crippen LogP contribution in [0.3, 0.4) is 0 Å². The number of phosphoric ester groups is 2. The van der Waals surface area contributed by atoms with Crippen molar-refractivity contribution in [3.05, 3.63) is 194 Å². The zero-order valence-corrected chi connectivity index (χ0v) is 68.5. The van der Waals surface area contributed by atoms with Crippen LogP contribution in [0, 0.1) is 0 Å². The molecule has 0 bridgehead atoms. The van der Waals surface area contributed by atoms with Crippen LogP contribution in [0.1, 0.15) is 285 Å². The number of aliphatic hydroxyl groups is 1. The Morgan fingerprint density at radius 2 is 0.500 bits per heavy atom. The van der Waals surface area contributed by atoms with Gasteiger partial charge in [0.2, 0.25) is 0 Å². The normalized spacial score (nSPS) is 14.8. The van der Waals surface area contributed by atoms with Crippen molar-refractivity contribution in [3.8, 4) is 0 Å². The van der Waals surface area contributed by atoms with Gasteiger partial charge < -0.3 is 33.8 Å². The summed E-state index contributed by atoms with van der Waals surface area (Å²) < 4.78 is 68.5. The zero-order valence-electron chi connectivity index (χ0n) is 66.7. The van der Waals surface area contributed by atoms with Gasteiger partial charge in [0.25, 0.3) is 0 Å². The molecular formula is C89H142O17P2. The molecule has 0 fully saturated rings. The Kier molecular flexibility index (Phi) is 74.5. The van der Waals surface area contributed by atoms with Crippen LogP contribution in [0.4, 0.5) is 0 Å². The highest BCUT2D eigenvalue weighted by atomic mass is 31.2. The molecule has 0 rings (SSSR count). The molecule has 0 saturated carbocycles. The first kappa shape index (κ1) is 102. The molecule has 0 radical (unpaired) electrons. The topological polar surface area (TPSA) is 237 Å². The number of hydrogen-bond donors (Lipinski definition) is 3. The summed E-state index contributed by atoms with van der Waals surface area (Å²) >= 11 is 0. The van der Waals surface area contributed by atoms with Crippen LogP contribution in [0.25, 0.3) is 0 Å². The summed E-state index contributed by atoms with van der Waals surface area (Å²) in [5.74, 6) is -2.42. The van der Waals surface area contributed by atoms with Crippen LogP contribution in [0.15, 0.2) is 194 Å². The van der Waals surface area contributed by atoms with Gasteiger partial charge in [-0.05, 0) is 167 Å². The molecule has 3 N–H and O–H groups in total.